The van der Waals surface area contributed by atoms with Crippen molar-refractivity contribution in [1.29, 1.82) is 0 Å². The zero-order chi connectivity index (χ0) is 20.3. The fourth-order valence-electron chi connectivity index (χ4n) is 3.32. The number of anilines is 1. The van der Waals surface area contributed by atoms with E-state index in [0.717, 1.165) is 22.5 Å². The van der Waals surface area contributed by atoms with Crippen LogP contribution in [0, 0.1) is 6.92 Å². The monoisotopic (exact) mass is 383 g/mol. The van der Waals surface area contributed by atoms with Crippen molar-refractivity contribution in [3.05, 3.63) is 59.3 Å². The summed E-state index contributed by atoms with van der Waals surface area (Å²) in [5, 5.41) is 10.6. The number of aliphatic hydroxyl groups excluding tert-OH is 1. The van der Waals surface area contributed by atoms with Gasteiger partial charge in [0.15, 0.2) is 0 Å². The largest absolute Gasteiger partial charge is 0.444 e. The molecule has 1 aliphatic rings. The van der Waals surface area contributed by atoms with E-state index in [1.54, 1.807) is 11.1 Å². The summed E-state index contributed by atoms with van der Waals surface area (Å²) in [6, 6.07) is 11.6. The van der Waals surface area contributed by atoms with Crippen molar-refractivity contribution in [2.75, 3.05) is 31.1 Å². The first-order valence-electron chi connectivity index (χ1n) is 9.67. The van der Waals surface area contributed by atoms with E-state index in [9.17, 15) is 9.90 Å². The first kappa shape index (κ1) is 20.1. The lowest BCUT2D eigenvalue weighted by Crippen LogP contribution is -2.50. The fraction of sp³-hybridized carbons (Fsp3) is 0.455. The number of carbonyl (C=O) groups excluding carboxylic acids is 1. The van der Waals surface area contributed by atoms with Crippen LogP contribution in [-0.2, 0) is 4.74 Å². The average Bonchev–Trinajstić information content (AvgIpc) is 2.67. The number of aromatic nitrogens is 1. The molecular weight excluding hydrogens is 354 g/mol. The second-order valence-electron chi connectivity index (χ2n) is 8.18. The van der Waals surface area contributed by atoms with Crippen molar-refractivity contribution in [2.24, 2.45) is 0 Å². The Kier molecular flexibility index (Phi) is 5.89. The van der Waals surface area contributed by atoms with Gasteiger partial charge in [-0.05, 0) is 44.9 Å². The summed E-state index contributed by atoms with van der Waals surface area (Å²) in [4.78, 5) is 20.7. The lowest BCUT2D eigenvalue weighted by atomic mass is 10.0. The number of nitrogens with zero attached hydrogens (tertiary/aromatic N) is 3. The predicted octanol–water partition coefficient (Wildman–Crippen LogP) is 3.53. The van der Waals surface area contributed by atoms with Crippen molar-refractivity contribution in [3.63, 3.8) is 0 Å². The molecule has 0 bridgehead atoms. The van der Waals surface area contributed by atoms with Crippen LogP contribution in [0.4, 0.5) is 10.6 Å². The highest BCUT2D eigenvalue weighted by Gasteiger charge is 2.27. The number of hydrogen-bond donors (Lipinski definition) is 1. The van der Waals surface area contributed by atoms with Crippen LogP contribution in [-0.4, -0.2) is 52.9 Å². The molecule has 1 fully saturated rings. The van der Waals surface area contributed by atoms with Crippen molar-refractivity contribution >= 4 is 11.9 Å². The third-order valence-electron chi connectivity index (χ3n) is 4.73. The molecule has 1 atom stereocenters. The Balaban J connectivity index is 1.65. The molecular formula is C22H29N3O3. The van der Waals surface area contributed by atoms with Crippen molar-refractivity contribution < 1.29 is 14.6 Å². The van der Waals surface area contributed by atoms with Crippen LogP contribution < -0.4 is 4.90 Å². The van der Waals surface area contributed by atoms with Gasteiger partial charge in [0.2, 0.25) is 0 Å². The second-order valence-corrected chi connectivity index (χ2v) is 8.18. The molecule has 1 aromatic carbocycles. The molecule has 3 rings (SSSR count). The number of aliphatic hydroxyl groups is 1. The summed E-state index contributed by atoms with van der Waals surface area (Å²) in [7, 11) is 0. The highest BCUT2D eigenvalue weighted by molar-refractivity contribution is 5.68. The fourth-order valence-corrected chi connectivity index (χ4v) is 3.32. The van der Waals surface area contributed by atoms with Gasteiger partial charge in [0.25, 0.3) is 0 Å². The number of piperazine rings is 1. The number of rotatable bonds is 3. The van der Waals surface area contributed by atoms with Crippen molar-refractivity contribution in [2.45, 2.75) is 39.4 Å². The maximum Gasteiger partial charge on any atom is 0.410 e. The zero-order valence-corrected chi connectivity index (χ0v) is 17.1. The van der Waals surface area contributed by atoms with Gasteiger partial charge in [-0.3, -0.25) is 0 Å². The second kappa shape index (κ2) is 8.19. The molecule has 1 aromatic heterocycles. The highest BCUT2D eigenvalue weighted by atomic mass is 16.6. The molecule has 1 aliphatic heterocycles. The minimum atomic E-state index is -0.689. The van der Waals surface area contributed by atoms with E-state index in [2.05, 4.69) is 9.88 Å². The molecule has 1 saturated heterocycles. The number of amides is 1. The molecule has 6 heteroatoms. The Morgan fingerprint density at radius 2 is 1.75 bits per heavy atom. The van der Waals surface area contributed by atoms with Gasteiger partial charge < -0.3 is 19.6 Å². The van der Waals surface area contributed by atoms with Crippen molar-refractivity contribution in [3.8, 4) is 0 Å². The number of ether oxygens (including phenoxy) is 1. The Morgan fingerprint density at radius 3 is 2.32 bits per heavy atom. The number of hydrogen-bond acceptors (Lipinski definition) is 5. The van der Waals surface area contributed by atoms with E-state index in [0.29, 0.717) is 26.2 Å². The molecule has 0 spiro atoms. The van der Waals surface area contributed by atoms with E-state index in [4.69, 9.17) is 4.74 Å². The summed E-state index contributed by atoms with van der Waals surface area (Å²) in [6.45, 7) is 10.2. The summed E-state index contributed by atoms with van der Waals surface area (Å²) < 4.78 is 5.45. The van der Waals surface area contributed by atoms with Gasteiger partial charge in [0, 0.05) is 37.9 Å². The molecule has 0 aliphatic carbocycles. The van der Waals surface area contributed by atoms with Gasteiger partial charge in [0.1, 0.15) is 17.5 Å². The average molecular weight is 383 g/mol. The van der Waals surface area contributed by atoms with Gasteiger partial charge in [-0.2, -0.15) is 0 Å². The van der Waals surface area contributed by atoms with Crippen LogP contribution in [0.25, 0.3) is 0 Å². The van der Waals surface area contributed by atoms with Crippen LogP contribution in [0.5, 0.6) is 0 Å². The summed E-state index contributed by atoms with van der Waals surface area (Å²) in [6.07, 6.45) is 0.781. The predicted molar refractivity (Wildman–Crippen MR) is 109 cm³/mol. The minimum Gasteiger partial charge on any atom is -0.444 e. The Labute approximate surface area is 166 Å². The lowest BCUT2D eigenvalue weighted by molar-refractivity contribution is 0.0240. The van der Waals surface area contributed by atoms with Gasteiger partial charge in [-0.25, -0.2) is 9.78 Å². The molecule has 1 amide bonds. The first-order chi connectivity index (χ1) is 13.2. The molecule has 1 N–H and O–H groups in total. The van der Waals surface area contributed by atoms with Crippen LogP contribution >= 0.6 is 0 Å². The Morgan fingerprint density at radius 1 is 1.11 bits per heavy atom. The summed E-state index contributed by atoms with van der Waals surface area (Å²) in [5.74, 6) is 0.896. The zero-order valence-electron chi connectivity index (χ0n) is 17.1. The molecule has 0 saturated carbocycles. The number of aryl methyl sites for hydroxylation is 1. The number of pyridine rings is 1. The highest BCUT2D eigenvalue weighted by Crippen LogP contribution is 2.26. The van der Waals surface area contributed by atoms with Gasteiger partial charge in [-0.15, -0.1) is 0 Å². The topological polar surface area (TPSA) is 65.9 Å². The number of carbonyl (C=O) groups is 1. The third kappa shape index (κ3) is 4.81. The van der Waals surface area contributed by atoms with E-state index < -0.39 is 11.7 Å². The normalized spacial score (nSPS) is 16.0. The smallest absolute Gasteiger partial charge is 0.410 e. The van der Waals surface area contributed by atoms with Crippen LogP contribution in [0.15, 0.2) is 42.6 Å². The third-order valence-corrected chi connectivity index (χ3v) is 4.73. The SMILES string of the molecule is Cc1cc([C@@H](O)c2ccccc2)cnc1N1CCN(C(=O)OC(C)(C)C)CC1. The van der Waals surface area contributed by atoms with E-state index in [-0.39, 0.29) is 6.09 Å². The molecule has 150 valence electrons. The minimum absolute atomic E-state index is 0.266. The molecule has 2 heterocycles. The van der Waals surface area contributed by atoms with Gasteiger partial charge in [0.05, 0.1) is 0 Å². The molecule has 28 heavy (non-hydrogen) atoms. The first-order valence-corrected chi connectivity index (χ1v) is 9.67. The van der Waals surface area contributed by atoms with Crippen LogP contribution in [0.2, 0.25) is 0 Å². The van der Waals surface area contributed by atoms with Crippen LogP contribution in [0.1, 0.15) is 43.6 Å². The Hall–Kier alpha value is -2.60. The lowest BCUT2D eigenvalue weighted by Gasteiger charge is -2.36. The molecule has 0 unspecified atom stereocenters. The standard InChI is InChI=1S/C22H29N3O3/c1-16-14-18(19(26)17-8-6-5-7-9-17)15-23-20(16)24-10-12-25(13-11-24)21(27)28-22(2,3)4/h5-9,14-15,19,26H,10-13H2,1-4H3/t19-/m0/s1. The summed E-state index contributed by atoms with van der Waals surface area (Å²) in [5.41, 5.74) is 2.15. The molecule has 2 aromatic rings. The van der Waals surface area contributed by atoms with Crippen LogP contribution in [0.3, 0.4) is 0 Å². The quantitative estimate of drug-likeness (QED) is 0.878. The van der Waals surface area contributed by atoms with E-state index in [1.165, 1.54) is 0 Å². The maximum atomic E-state index is 12.2. The molecule has 6 nitrogen and oxygen atoms in total. The summed E-state index contributed by atoms with van der Waals surface area (Å²) >= 11 is 0. The number of benzene rings is 1. The maximum absolute atomic E-state index is 12.2. The van der Waals surface area contributed by atoms with E-state index in [1.807, 2.05) is 64.1 Å². The Bertz CT molecular complexity index is 810. The molecule has 0 radical (unpaired) electrons. The van der Waals surface area contributed by atoms with Gasteiger partial charge >= 0.3 is 6.09 Å². The van der Waals surface area contributed by atoms with Gasteiger partial charge in [-0.1, -0.05) is 30.3 Å². The van der Waals surface area contributed by atoms with E-state index >= 15 is 0 Å². The van der Waals surface area contributed by atoms with Crippen molar-refractivity contribution in [1.82, 2.24) is 9.88 Å².